The Labute approximate surface area is 159 Å². The third kappa shape index (κ3) is 3.92. The summed E-state index contributed by atoms with van der Waals surface area (Å²) < 4.78 is 0. The largest absolute Gasteiger partial charge is 0.352 e. The first-order chi connectivity index (χ1) is 13.1. The number of carbonyl (C=O) groups excluding carboxylic acids is 1. The molecule has 4 rings (SSSR count). The minimum absolute atomic E-state index is 0.106. The van der Waals surface area contributed by atoms with Gasteiger partial charge in [0.1, 0.15) is 11.9 Å². The lowest BCUT2D eigenvalue weighted by Crippen LogP contribution is -2.54. The van der Waals surface area contributed by atoms with Crippen LogP contribution >= 0.6 is 0 Å². The lowest BCUT2D eigenvalue weighted by atomic mass is 10.0. The van der Waals surface area contributed by atoms with Crippen molar-refractivity contribution in [3.8, 4) is 6.07 Å². The van der Waals surface area contributed by atoms with Crippen molar-refractivity contribution in [2.45, 2.75) is 38.1 Å². The molecule has 0 radical (unpaired) electrons. The Morgan fingerprint density at radius 3 is 2.56 bits per heavy atom. The summed E-state index contributed by atoms with van der Waals surface area (Å²) in [7, 11) is 0. The molecule has 2 fully saturated rings. The molecule has 1 aromatic carbocycles. The molecule has 0 N–H and O–H groups in total. The van der Waals surface area contributed by atoms with Gasteiger partial charge in [0, 0.05) is 25.7 Å². The van der Waals surface area contributed by atoms with Crippen molar-refractivity contribution in [1.29, 1.82) is 5.26 Å². The third-order valence-electron chi connectivity index (χ3n) is 5.41. The lowest BCUT2D eigenvalue weighted by molar-refractivity contribution is -0.132. The van der Waals surface area contributed by atoms with Gasteiger partial charge in [0.05, 0.1) is 18.8 Å². The molecule has 1 unspecified atom stereocenters. The summed E-state index contributed by atoms with van der Waals surface area (Å²) in [6.45, 7) is 4.17. The Morgan fingerprint density at radius 2 is 1.96 bits per heavy atom. The summed E-state index contributed by atoms with van der Waals surface area (Å²) in [6.07, 6.45) is 6.16. The number of aromatic nitrogens is 2. The molecule has 1 aliphatic heterocycles. The topological polar surface area (TPSA) is 73.1 Å². The number of benzene rings is 1. The van der Waals surface area contributed by atoms with Gasteiger partial charge in [0.15, 0.2) is 5.69 Å². The molecule has 1 aliphatic carbocycles. The van der Waals surface area contributed by atoms with E-state index in [1.54, 1.807) is 6.20 Å². The smallest absolute Gasteiger partial charge is 0.227 e. The molecule has 1 amide bonds. The predicted octanol–water partition coefficient (Wildman–Crippen LogP) is 2.51. The van der Waals surface area contributed by atoms with E-state index in [9.17, 15) is 4.79 Å². The standard InChI is InChI=1S/C21H23N5O/c1-15-14-25(20-13-23-19(11-22)12-24-20)8-9-26(15)21(27)10-16-2-4-17(5-3-16)18-6-7-18/h2-5,12-13,15,18H,6-10,14H2,1H3. The van der Waals surface area contributed by atoms with Crippen LogP contribution in [0.2, 0.25) is 0 Å². The quantitative estimate of drug-likeness (QED) is 0.837. The van der Waals surface area contributed by atoms with E-state index in [4.69, 9.17) is 5.26 Å². The first-order valence-electron chi connectivity index (χ1n) is 9.49. The fourth-order valence-corrected chi connectivity index (χ4v) is 3.68. The van der Waals surface area contributed by atoms with Gasteiger partial charge in [-0.05, 0) is 36.8 Å². The van der Waals surface area contributed by atoms with Gasteiger partial charge in [0.25, 0.3) is 0 Å². The first-order valence-corrected chi connectivity index (χ1v) is 9.49. The fraction of sp³-hybridized carbons (Fsp3) is 0.429. The van der Waals surface area contributed by atoms with E-state index in [0.29, 0.717) is 25.2 Å². The third-order valence-corrected chi connectivity index (χ3v) is 5.41. The summed E-state index contributed by atoms with van der Waals surface area (Å²) in [5.41, 5.74) is 2.79. The van der Waals surface area contributed by atoms with Crippen molar-refractivity contribution in [1.82, 2.24) is 14.9 Å². The van der Waals surface area contributed by atoms with Gasteiger partial charge in [-0.1, -0.05) is 24.3 Å². The number of amides is 1. The molecular formula is C21H23N5O. The molecule has 6 nitrogen and oxygen atoms in total. The van der Waals surface area contributed by atoms with Crippen molar-refractivity contribution in [2.24, 2.45) is 0 Å². The van der Waals surface area contributed by atoms with Gasteiger partial charge >= 0.3 is 0 Å². The van der Waals surface area contributed by atoms with Crippen LogP contribution in [-0.2, 0) is 11.2 Å². The Hall–Kier alpha value is -2.94. The van der Waals surface area contributed by atoms with E-state index in [1.165, 1.54) is 24.6 Å². The van der Waals surface area contributed by atoms with Crippen LogP contribution in [0, 0.1) is 11.3 Å². The lowest BCUT2D eigenvalue weighted by Gasteiger charge is -2.40. The normalized spacial score (nSPS) is 19.6. The number of hydrogen-bond donors (Lipinski definition) is 0. The Kier molecular flexibility index (Phi) is 4.76. The molecule has 1 saturated carbocycles. The number of rotatable bonds is 4. The highest BCUT2D eigenvalue weighted by molar-refractivity contribution is 5.79. The summed E-state index contributed by atoms with van der Waals surface area (Å²) >= 11 is 0. The number of hydrogen-bond acceptors (Lipinski definition) is 5. The zero-order valence-corrected chi connectivity index (χ0v) is 15.5. The molecule has 0 bridgehead atoms. The Bertz CT molecular complexity index is 852. The second kappa shape index (κ2) is 7.36. The summed E-state index contributed by atoms with van der Waals surface area (Å²) in [5.74, 6) is 1.67. The average molecular weight is 361 g/mol. The van der Waals surface area contributed by atoms with Gasteiger partial charge in [-0.25, -0.2) is 9.97 Å². The van der Waals surface area contributed by atoms with Gasteiger partial charge in [-0.2, -0.15) is 5.26 Å². The van der Waals surface area contributed by atoms with Gasteiger partial charge in [-0.3, -0.25) is 4.79 Å². The van der Waals surface area contributed by atoms with Crippen LogP contribution in [0.15, 0.2) is 36.7 Å². The fourth-order valence-electron chi connectivity index (χ4n) is 3.68. The van der Waals surface area contributed by atoms with E-state index >= 15 is 0 Å². The van der Waals surface area contributed by atoms with Crippen molar-refractivity contribution < 1.29 is 4.79 Å². The maximum atomic E-state index is 12.8. The van der Waals surface area contributed by atoms with E-state index in [1.807, 2.05) is 11.0 Å². The molecule has 2 heterocycles. The van der Waals surface area contributed by atoms with E-state index < -0.39 is 0 Å². The zero-order valence-electron chi connectivity index (χ0n) is 15.5. The van der Waals surface area contributed by atoms with Crippen LogP contribution in [-0.4, -0.2) is 46.5 Å². The van der Waals surface area contributed by atoms with Crippen molar-refractivity contribution in [3.05, 3.63) is 53.5 Å². The molecule has 2 aromatic rings. The van der Waals surface area contributed by atoms with Crippen LogP contribution in [0.3, 0.4) is 0 Å². The SMILES string of the molecule is CC1CN(c2cnc(C#N)cn2)CCN1C(=O)Cc1ccc(C2CC2)cc1. The van der Waals surface area contributed by atoms with E-state index in [-0.39, 0.29) is 11.9 Å². The molecule has 1 atom stereocenters. The van der Waals surface area contributed by atoms with Gasteiger partial charge in [-0.15, -0.1) is 0 Å². The van der Waals surface area contributed by atoms with Crippen LogP contribution in [0.5, 0.6) is 0 Å². The molecule has 138 valence electrons. The van der Waals surface area contributed by atoms with Crippen molar-refractivity contribution in [2.75, 3.05) is 24.5 Å². The number of carbonyl (C=O) groups is 1. The summed E-state index contributed by atoms with van der Waals surface area (Å²) in [5, 5.41) is 8.83. The van der Waals surface area contributed by atoms with Crippen LogP contribution in [0.1, 0.15) is 42.5 Å². The maximum Gasteiger partial charge on any atom is 0.227 e. The highest BCUT2D eigenvalue weighted by atomic mass is 16.2. The zero-order chi connectivity index (χ0) is 18.8. The van der Waals surface area contributed by atoms with E-state index in [2.05, 4.69) is 46.1 Å². The average Bonchev–Trinajstić information content (AvgIpc) is 3.54. The first kappa shape index (κ1) is 17.5. The van der Waals surface area contributed by atoms with Crippen molar-refractivity contribution >= 4 is 11.7 Å². The monoisotopic (exact) mass is 361 g/mol. The Balaban J connectivity index is 1.35. The molecule has 6 heteroatoms. The number of piperazine rings is 1. The van der Waals surface area contributed by atoms with E-state index in [0.717, 1.165) is 23.8 Å². The molecule has 2 aliphatic rings. The number of nitrogens with zero attached hydrogens (tertiary/aromatic N) is 5. The summed E-state index contributed by atoms with van der Waals surface area (Å²) in [6, 6.07) is 10.6. The summed E-state index contributed by atoms with van der Waals surface area (Å²) in [4.78, 5) is 25.3. The molecule has 1 saturated heterocycles. The van der Waals surface area contributed by atoms with Crippen LogP contribution < -0.4 is 4.90 Å². The molecule has 1 aromatic heterocycles. The number of anilines is 1. The minimum Gasteiger partial charge on any atom is -0.352 e. The second-order valence-electron chi connectivity index (χ2n) is 7.45. The minimum atomic E-state index is 0.106. The van der Waals surface area contributed by atoms with Gasteiger partial charge in [0.2, 0.25) is 5.91 Å². The highest BCUT2D eigenvalue weighted by Crippen LogP contribution is 2.39. The van der Waals surface area contributed by atoms with Gasteiger partial charge < -0.3 is 9.80 Å². The second-order valence-corrected chi connectivity index (χ2v) is 7.45. The molecular weight excluding hydrogens is 338 g/mol. The van der Waals surface area contributed by atoms with Crippen LogP contribution in [0.25, 0.3) is 0 Å². The van der Waals surface area contributed by atoms with Crippen molar-refractivity contribution in [3.63, 3.8) is 0 Å². The predicted molar refractivity (Wildman–Crippen MR) is 102 cm³/mol. The van der Waals surface area contributed by atoms with Crippen LogP contribution in [0.4, 0.5) is 5.82 Å². The highest BCUT2D eigenvalue weighted by Gasteiger charge is 2.28. The maximum absolute atomic E-state index is 12.8. The number of nitriles is 1. The Morgan fingerprint density at radius 1 is 1.19 bits per heavy atom. The molecule has 0 spiro atoms. The molecule has 27 heavy (non-hydrogen) atoms.